The summed E-state index contributed by atoms with van der Waals surface area (Å²) in [5, 5.41) is 2.93. The Hall–Kier alpha value is -0.790. The van der Waals surface area contributed by atoms with Crippen molar-refractivity contribution in [1.29, 1.82) is 0 Å². The molecule has 0 atom stereocenters. The Balaban J connectivity index is 3.72. The minimum Gasteiger partial charge on any atom is -0.394 e. The number of rotatable bonds is 4. The second-order valence-electron chi connectivity index (χ2n) is 2.09. The zero-order chi connectivity index (χ0) is 7.82. The fraction of sp³-hybridized carbons (Fsp3) is 0.625. The zero-order valence-electron chi connectivity index (χ0n) is 7.02. The number of nitrogens with one attached hydrogen (secondary N) is 1. The van der Waals surface area contributed by atoms with E-state index in [4.69, 9.17) is 0 Å². The van der Waals surface area contributed by atoms with Crippen LogP contribution in [0.3, 0.4) is 0 Å². The van der Waals surface area contributed by atoms with Crippen LogP contribution in [0.5, 0.6) is 0 Å². The summed E-state index contributed by atoms with van der Waals surface area (Å²) in [5.74, 6) is 0. The first kappa shape index (κ1) is 9.21. The molecule has 0 aliphatic carbocycles. The van der Waals surface area contributed by atoms with Crippen LogP contribution in [0.2, 0.25) is 0 Å². The average Bonchev–Trinajstić information content (AvgIpc) is 1.98. The number of hydrogen-bond acceptors (Lipinski definition) is 2. The van der Waals surface area contributed by atoms with Crippen LogP contribution < -0.4 is 5.32 Å². The van der Waals surface area contributed by atoms with E-state index in [0.29, 0.717) is 0 Å². The number of hydrogen-bond donors (Lipinski definition) is 1. The van der Waals surface area contributed by atoms with Crippen LogP contribution in [0, 0.1) is 0 Å². The normalized spacial score (nSPS) is 12.5. The van der Waals surface area contributed by atoms with Gasteiger partial charge in [0.05, 0.1) is 0 Å². The van der Waals surface area contributed by atoms with Crippen LogP contribution >= 0.6 is 0 Å². The molecule has 0 saturated carbocycles. The molecule has 0 aliphatic rings. The van der Waals surface area contributed by atoms with Gasteiger partial charge in [-0.3, -0.25) is 4.99 Å². The highest BCUT2D eigenvalue weighted by Crippen LogP contribution is 1.92. The second kappa shape index (κ2) is 6.33. The highest BCUT2D eigenvalue weighted by molar-refractivity contribution is 5.94. The van der Waals surface area contributed by atoms with Crippen LogP contribution in [-0.4, -0.2) is 19.8 Å². The van der Waals surface area contributed by atoms with Gasteiger partial charge in [0, 0.05) is 19.8 Å². The van der Waals surface area contributed by atoms with Gasteiger partial charge in [-0.05, 0) is 18.7 Å². The maximum atomic E-state index is 4.11. The van der Waals surface area contributed by atoms with Crippen molar-refractivity contribution < 1.29 is 0 Å². The van der Waals surface area contributed by atoms with E-state index in [1.165, 1.54) is 0 Å². The summed E-state index contributed by atoms with van der Waals surface area (Å²) in [6.45, 7) is 2.15. The van der Waals surface area contributed by atoms with Crippen LogP contribution in [0.1, 0.15) is 19.8 Å². The summed E-state index contributed by atoms with van der Waals surface area (Å²) in [5.41, 5.74) is 1.15. The predicted octanol–water partition coefficient (Wildman–Crippen LogP) is 1.59. The van der Waals surface area contributed by atoms with Crippen molar-refractivity contribution >= 4 is 5.71 Å². The van der Waals surface area contributed by atoms with Gasteiger partial charge in [0.25, 0.3) is 0 Å². The average molecular weight is 140 g/mol. The highest BCUT2D eigenvalue weighted by Gasteiger charge is 1.87. The Kier molecular flexibility index (Phi) is 5.83. The largest absolute Gasteiger partial charge is 0.394 e. The van der Waals surface area contributed by atoms with E-state index in [9.17, 15) is 0 Å². The summed E-state index contributed by atoms with van der Waals surface area (Å²) in [6.07, 6.45) is 6.12. The summed E-state index contributed by atoms with van der Waals surface area (Å²) in [4.78, 5) is 4.11. The minimum atomic E-state index is 1.06. The molecule has 0 rings (SSSR count). The van der Waals surface area contributed by atoms with Crippen LogP contribution in [0.25, 0.3) is 0 Å². The Morgan fingerprint density at radius 3 is 2.70 bits per heavy atom. The van der Waals surface area contributed by atoms with Crippen molar-refractivity contribution in [3.8, 4) is 0 Å². The minimum absolute atomic E-state index is 1.06. The van der Waals surface area contributed by atoms with Gasteiger partial charge >= 0.3 is 0 Å². The number of allylic oxidation sites excluding steroid dienone is 1. The smallest absolute Gasteiger partial charge is 0.0359 e. The SMILES string of the molecule is CCCC(/C=C\NC)=N/C. The van der Waals surface area contributed by atoms with Crippen molar-refractivity contribution in [2.24, 2.45) is 4.99 Å². The second-order valence-corrected chi connectivity index (χ2v) is 2.09. The van der Waals surface area contributed by atoms with E-state index in [0.717, 1.165) is 18.6 Å². The van der Waals surface area contributed by atoms with E-state index in [1.54, 1.807) is 0 Å². The van der Waals surface area contributed by atoms with Gasteiger partial charge in [0.15, 0.2) is 0 Å². The molecule has 0 aromatic rings. The molecule has 0 bridgehead atoms. The summed E-state index contributed by atoms with van der Waals surface area (Å²) in [7, 11) is 3.71. The molecule has 2 heteroatoms. The third kappa shape index (κ3) is 4.13. The summed E-state index contributed by atoms with van der Waals surface area (Å²) >= 11 is 0. The highest BCUT2D eigenvalue weighted by atomic mass is 14.8. The summed E-state index contributed by atoms with van der Waals surface area (Å²) < 4.78 is 0. The number of aliphatic imine (C=N–C) groups is 1. The van der Waals surface area contributed by atoms with Crippen molar-refractivity contribution in [2.75, 3.05) is 14.1 Å². The Bertz CT molecular complexity index is 125. The van der Waals surface area contributed by atoms with Gasteiger partial charge in [-0.25, -0.2) is 0 Å². The maximum Gasteiger partial charge on any atom is 0.0359 e. The van der Waals surface area contributed by atoms with Crippen molar-refractivity contribution in [2.45, 2.75) is 19.8 Å². The fourth-order valence-electron chi connectivity index (χ4n) is 0.705. The van der Waals surface area contributed by atoms with E-state index in [2.05, 4.69) is 17.2 Å². The van der Waals surface area contributed by atoms with Crippen LogP contribution in [0.15, 0.2) is 17.3 Å². The molecule has 0 saturated heterocycles. The Labute approximate surface area is 63.0 Å². The van der Waals surface area contributed by atoms with Crippen LogP contribution in [-0.2, 0) is 0 Å². The van der Waals surface area contributed by atoms with Gasteiger partial charge in [-0.1, -0.05) is 13.3 Å². The van der Waals surface area contributed by atoms with Crippen molar-refractivity contribution in [1.82, 2.24) is 5.32 Å². The van der Waals surface area contributed by atoms with Crippen molar-refractivity contribution in [3.05, 3.63) is 12.3 Å². The van der Waals surface area contributed by atoms with Crippen molar-refractivity contribution in [3.63, 3.8) is 0 Å². The molecular formula is C8H16N2. The predicted molar refractivity (Wildman–Crippen MR) is 46.5 cm³/mol. The lowest BCUT2D eigenvalue weighted by molar-refractivity contribution is 0.990. The third-order valence-electron chi connectivity index (χ3n) is 1.24. The quantitative estimate of drug-likeness (QED) is 0.589. The molecule has 2 nitrogen and oxygen atoms in total. The van der Waals surface area contributed by atoms with Gasteiger partial charge in [-0.2, -0.15) is 0 Å². The molecule has 58 valence electrons. The van der Waals surface area contributed by atoms with Gasteiger partial charge in [0.2, 0.25) is 0 Å². The molecule has 0 heterocycles. The Morgan fingerprint density at radius 2 is 2.30 bits per heavy atom. The first-order valence-corrected chi connectivity index (χ1v) is 3.64. The molecule has 0 spiro atoms. The molecule has 0 aromatic heterocycles. The lowest BCUT2D eigenvalue weighted by Gasteiger charge is -1.94. The molecular weight excluding hydrogens is 124 g/mol. The molecule has 0 aromatic carbocycles. The molecule has 0 unspecified atom stereocenters. The standard InChI is InChI=1S/C8H16N2/c1-4-5-8(10-3)6-7-9-2/h6-7,9H,4-5H2,1-3H3/b7-6-,10-8-. The fourth-order valence-corrected chi connectivity index (χ4v) is 0.705. The maximum absolute atomic E-state index is 4.11. The van der Waals surface area contributed by atoms with Gasteiger partial charge in [-0.15, -0.1) is 0 Å². The first-order chi connectivity index (χ1) is 4.85. The van der Waals surface area contributed by atoms with E-state index >= 15 is 0 Å². The lowest BCUT2D eigenvalue weighted by Crippen LogP contribution is -1.97. The first-order valence-electron chi connectivity index (χ1n) is 3.64. The monoisotopic (exact) mass is 140 g/mol. The topological polar surface area (TPSA) is 24.4 Å². The van der Waals surface area contributed by atoms with E-state index in [1.807, 2.05) is 26.4 Å². The van der Waals surface area contributed by atoms with Crippen LogP contribution in [0.4, 0.5) is 0 Å². The van der Waals surface area contributed by atoms with E-state index in [-0.39, 0.29) is 0 Å². The molecule has 0 amide bonds. The molecule has 10 heavy (non-hydrogen) atoms. The van der Waals surface area contributed by atoms with Gasteiger partial charge < -0.3 is 5.32 Å². The van der Waals surface area contributed by atoms with E-state index < -0.39 is 0 Å². The molecule has 0 aliphatic heterocycles. The Morgan fingerprint density at radius 1 is 1.60 bits per heavy atom. The molecule has 1 N–H and O–H groups in total. The van der Waals surface area contributed by atoms with Gasteiger partial charge in [0.1, 0.15) is 0 Å². The molecule has 0 fully saturated rings. The number of nitrogens with zero attached hydrogens (tertiary/aromatic N) is 1. The summed E-state index contributed by atoms with van der Waals surface area (Å²) in [6, 6.07) is 0. The lowest BCUT2D eigenvalue weighted by atomic mass is 10.2. The third-order valence-corrected chi connectivity index (χ3v) is 1.24. The zero-order valence-corrected chi connectivity index (χ0v) is 7.02. The molecule has 0 radical (unpaired) electrons.